The number of benzene rings is 1. The van der Waals surface area contributed by atoms with Gasteiger partial charge in [0.05, 0.1) is 5.60 Å². The number of carbonyl (C=O) groups is 1. The molecule has 2 nitrogen and oxygen atoms in total. The van der Waals surface area contributed by atoms with Crippen molar-refractivity contribution >= 4 is 17.4 Å². The zero-order chi connectivity index (χ0) is 11.6. The van der Waals surface area contributed by atoms with Gasteiger partial charge in [0.25, 0.3) is 0 Å². The van der Waals surface area contributed by atoms with Crippen molar-refractivity contribution in [2.24, 2.45) is 0 Å². The topological polar surface area (TPSA) is 37.3 Å². The Morgan fingerprint density at radius 1 is 1.19 bits per heavy atom. The third kappa shape index (κ3) is 2.83. The highest BCUT2D eigenvalue weighted by Gasteiger charge is 2.32. The molecule has 0 amide bonds. The van der Waals surface area contributed by atoms with E-state index in [0.717, 1.165) is 5.56 Å². The van der Waals surface area contributed by atoms with Crippen LogP contribution in [0.1, 0.15) is 31.2 Å². The van der Waals surface area contributed by atoms with Crippen molar-refractivity contribution in [1.82, 2.24) is 0 Å². The molecule has 0 spiro atoms. The molecule has 2 rings (SSSR count). The van der Waals surface area contributed by atoms with Crippen LogP contribution in [0.3, 0.4) is 0 Å². The standard InChI is InChI=1S/C13H15ClO2/c14-11-3-1-10(2-4-11)9-13(16)7-5-12(15)6-8-13/h1-4,16H,5-9H2. The molecule has 0 aromatic heterocycles. The van der Waals surface area contributed by atoms with E-state index in [1.54, 1.807) is 0 Å². The minimum absolute atomic E-state index is 0.265. The molecule has 0 atom stereocenters. The summed E-state index contributed by atoms with van der Waals surface area (Å²) in [6, 6.07) is 7.51. The molecule has 1 aromatic rings. The molecule has 86 valence electrons. The lowest BCUT2D eigenvalue weighted by Crippen LogP contribution is -2.36. The zero-order valence-electron chi connectivity index (χ0n) is 9.08. The summed E-state index contributed by atoms with van der Waals surface area (Å²) in [7, 11) is 0. The Labute approximate surface area is 100 Å². The number of hydrogen-bond donors (Lipinski definition) is 1. The molecule has 3 heteroatoms. The summed E-state index contributed by atoms with van der Waals surface area (Å²) in [5, 5.41) is 11.0. The summed E-state index contributed by atoms with van der Waals surface area (Å²) in [6.45, 7) is 0. The minimum atomic E-state index is -0.707. The van der Waals surface area contributed by atoms with Crippen LogP contribution in [0.4, 0.5) is 0 Å². The fourth-order valence-electron chi connectivity index (χ4n) is 2.15. The maximum Gasteiger partial charge on any atom is 0.133 e. The van der Waals surface area contributed by atoms with Crippen LogP contribution in [-0.2, 0) is 11.2 Å². The van der Waals surface area contributed by atoms with Gasteiger partial charge in [-0.2, -0.15) is 0 Å². The van der Waals surface area contributed by atoms with E-state index in [4.69, 9.17) is 11.6 Å². The summed E-state index contributed by atoms with van der Waals surface area (Å²) in [6.07, 6.45) is 2.77. The molecule has 0 radical (unpaired) electrons. The van der Waals surface area contributed by atoms with E-state index < -0.39 is 5.60 Å². The first-order chi connectivity index (χ1) is 7.57. The van der Waals surface area contributed by atoms with E-state index in [9.17, 15) is 9.90 Å². The number of rotatable bonds is 2. The number of ketones is 1. The number of hydrogen-bond acceptors (Lipinski definition) is 2. The molecule has 1 aliphatic rings. The van der Waals surface area contributed by atoms with Crippen molar-refractivity contribution in [1.29, 1.82) is 0 Å². The molecule has 0 heterocycles. The van der Waals surface area contributed by atoms with Crippen molar-refractivity contribution in [3.63, 3.8) is 0 Å². The molecule has 0 saturated heterocycles. The maximum atomic E-state index is 11.1. The third-order valence-electron chi connectivity index (χ3n) is 3.18. The lowest BCUT2D eigenvalue weighted by molar-refractivity contribution is -0.125. The Kier molecular flexibility index (Phi) is 3.31. The molecule has 1 saturated carbocycles. The second-order valence-electron chi connectivity index (χ2n) is 4.57. The quantitative estimate of drug-likeness (QED) is 0.860. The summed E-state index contributed by atoms with van der Waals surface area (Å²) >= 11 is 5.80. The van der Waals surface area contributed by atoms with Crippen LogP contribution in [0, 0.1) is 0 Å². The molecule has 0 bridgehead atoms. The van der Waals surface area contributed by atoms with Crippen molar-refractivity contribution in [3.8, 4) is 0 Å². The van der Waals surface area contributed by atoms with E-state index in [0.29, 0.717) is 37.1 Å². The molecule has 1 aliphatic carbocycles. The Hall–Kier alpha value is -0.860. The monoisotopic (exact) mass is 238 g/mol. The lowest BCUT2D eigenvalue weighted by Gasteiger charge is -2.31. The lowest BCUT2D eigenvalue weighted by atomic mass is 9.80. The zero-order valence-corrected chi connectivity index (χ0v) is 9.83. The van der Waals surface area contributed by atoms with Crippen molar-refractivity contribution in [3.05, 3.63) is 34.9 Å². The average Bonchev–Trinajstić information content (AvgIpc) is 2.27. The SMILES string of the molecule is O=C1CCC(O)(Cc2ccc(Cl)cc2)CC1. The molecule has 1 N–H and O–H groups in total. The molecule has 1 aromatic carbocycles. The highest BCUT2D eigenvalue weighted by Crippen LogP contribution is 2.29. The van der Waals surface area contributed by atoms with Crippen LogP contribution in [0.15, 0.2) is 24.3 Å². The molecular formula is C13H15ClO2. The first-order valence-electron chi connectivity index (χ1n) is 5.56. The van der Waals surface area contributed by atoms with Gasteiger partial charge < -0.3 is 5.11 Å². The van der Waals surface area contributed by atoms with Crippen LogP contribution in [0.5, 0.6) is 0 Å². The van der Waals surface area contributed by atoms with Gasteiger partial charge in [-0.25, -0.2) is 0 Å². The highest BCUT2D eigenvalue weighted by molar-refractivity contribution is 6.30. The fourth-order valence-corrected chi connectivity index (χ4v) is 2.28. The molecule has 0 unspecified atom stereocenters. The van der Waals surface area contributed by atoms with E-state index in [2.05, 4.69) is 0 Å². The third-order valence-corrected chi connectivity index (χ3v) is 3.44. The van der Waals surface area contributed by atoms with E-state index in [1.807, 2.05) is 24.3 Å². The number of halogens is 1. The summed E-state index contributed by atoms with van der Waals surface area (Å²) in [4.78, 5) is 11.1. The number of carbonyl (C=O) groups excluding carboxylic acids is 1. The van der Waals surface area contributed by atoms with Gasteiger partial charge in [0.2, 0.25) is 0 Å². The Bertz CT molecular complexity index is 373. The van der Waals surface area contributed by atoms with Crippen molar-refractivity contribution in [2.45, 2.75) is 37.7 Å². The molecular weight excluding hydrogens is 224 g/mol. The number of aliphatic hydroxyl groups is 1. The van der Waals surface area contributed by atoms with Gasteiger partial charge in [-0.05, 0) is 30.5 Å². The molecule has 1 fully saturated rings. The predicted octanol–water partition coefficient (Wildman–Crippen LogP) is 2.76. The van der Waals surface area contributed by atoms with E-state index in [1.165, 1.54) is 0 Å². The van der Waals surface area contributed by atoms with E-state index in [-0.39, 0.29) is 5.78 Å². The van der Waals surface area contributed by atoms with Gasteiger partial charge in [0, 0.05) is 24.3 Å². The van der Waals surface area contributed by atoms with Gasteiger partial charge in [-0.15, -0.1) is 0 Å². The normalized spacial score (nSPS) is 19.8. The minimum Gasteiger partial charge on any atom is -0.390 e. The number of Topliss-reactive ketones (excluding diaryl/α,β-unsaturated/α-hetero) is 1. The van der Waals surface area contributed by atoms with Crippen molar-refractivity contribution < 1.29 is 9.90 Å². The van der Waals surface area contributed by atoms with Crippen LogP contribution in [0.25, 0.3) is 0 Å². The predicted molar refractivity (Wildman–Crippen MR) is 63.6 cm³/mol. The van der Waals surface area contributed by atoms with Gasteiger partial charge in [-0.1, -0.05) is 23.7 Å². The Balaban J connectivity index is 2.03. The maximum absolute atomic E-state index is 11.1. The molecule has 16 heavy (non-hydrogen) atoms. The second-order valence-corrected chi connectivity index (χ2v) is 5.00. The largest absolute Gasteiger partial charge is 0.390 e. The summed E-state index contributed by atoms with van der Waals surface area (Å²) in [5.41, 5.74) is 0.364. The smallest absolute Gasteiger partial charge is 0.133 e. The second kappa shape index (κ2) is 4.56. The average molecular weight is 239 g/mol. The fraction of sp³-hybridized carbons (Fsp3) is 0.462. The van der Waals surface area contributed by atoms with Gasteiger partial charge >= 0.3 is 0 Å². The van der Waals surface area contributed by atoms with Crippen LogP contribution in [0.2, 0.25) is 5.02 Å². The van der Waals surface area contributed by atoms with Gasteiger partial charge in [0.15, 0.2) is 0 Å². The van der Waals surface area contributed by atoms with Crippen molar-refractivity contribution in [2.75, 3.05) is 0 Å². The first kappa shape index (κ1) is 11.6. The summed E-state index contributed by atoms with van der Waals surface area (Å²) < 4.78 is 0. The Morgan fingerprint density at radius 2 is 1.75 bits per heavy atom. The van der Waals surface area contributed by atoms with Gasteiger partial charge in [0.1, 0.15) is 5.78 Å². The van der Waals surface area contributed by atoms with E-state index >= 15 is 0 Å². The first-order valence-corrected chi connectivity index (χ1v) is 5.94. The van der Waals surface area contributed by atoms with Crippen LogP contribution >= 0.6 is 11.6 Å². The summed E-state index contributed by atoms with van der Waals surface area (Å²) in [5.74, 6) is 0.265. The Morgan fingerprint density at radius 3 is 2.31 bits per heavy atom. The van der Waals surface area contributed by atoms with Gasteiger partial charge in [-0.3, -0.25) is 4.79 Å². The highest BCUT2D eigenvalue weighted by atomic mass is 35.5. The molecule has 0 aliphatic heterocycles. The van der Waals surface area contributed by atoms with Crippen LogP contribution < -0.4 is 0 Å². The van der Waals surface area contributed by atoms with Crippen LogP contribution in [-0.4, -0.2) is 16.5 Å².